The minimum atomic E-state index is -0.211. The number of aryl methyl sites for hydroxylation is 1. The van der Waals surface area contributed by atoms with Gasteiger partial charge in [0.25, 0.3) is 0 Å². The van der Waals surface area contributed by atoms with E-state index >= 15 is 0 Å². The number of aromatic amines is 1. The predicted octanol–water partition coefficient (Wildman–Crippen LogP) is 1.90. The van der Waals surface area contributed by atoms with Crippen LogP contribution in [0.15, 0.2) is 24.3 Å². The molecule has 0 aliphatic carbocycles. The van der Waals surface area contributed by atoms with E-state index in [0.29, 0.717) is 17.1 Å². The van der Waals surface area contributed by atoms with Crippen LogP contribution in [0, 0.1) is 11.7 Å². The summed E-state index contributed by atoms with van der Waals surface area (Å²) in [5.41, 5.74) is 2.01. The maximum atomic E-state index is 12.4. The number of hydrogen-bond donors (Lipinski definition) is 2. The van der Waals surface area contributed by atoms with Crippen molar-refractivity contribution in [3.63, 3.8) is 0 Å². The molecular weight excluding hydrogens is 338 g/mol. The number of nitrogens with zero attached hydrogens (tertiary/aromatic N) is 3. The van der Waals surface area contributed by atoms with E-state index in [1.807, 2.05) is 38.1 Å². The Labute approximate surface area is 152 Å². The first-order valence-electron chi connectivity index (χ1n) is 8.15. The summed E-state index contributed by atoms with van der Waals surface area (Å²) in [7, 11) is 1.60. The third-order valence-corrected chi connectivity index (χ3v) is 4.05. The molecule has 1 aromatic carbocycles. The lowest BCUT2D eigenvalue weighted by molar-refractivity contribution is -0.135. The highest BCUT2D eigenvalue weighted by atomic mass is 32.1. The van der Waals surface area contributed by atoms with Crippen LogP contribution in [-0.2, 0) is 16.1 Å². The van der Waals surface area contributed by atoms with Crippen LogP contribution >= 0.6 is 12.2 Å². The van der Waals surface area contributed by atoms with Gasteiger partial charge in [-0.25, -0.2) is 0 Å². The van der Waals surface area contributed by atoms with Crippen molar-refractivity contribution in [2.24, 2.45) is 0 Å². The average Bonchev–Trinajstić information content (AvgIpc) is 2.94. The van der Waals surface area contributed by atoms with Gasteiger partial charge in [-0.15, -0.1) is 0 Å². The molecule has 134 valence electrons. The fourth-order valence-electron chi connectivity index (χ4n) is 2.27. The molecule has 2 rings (SSSR count). The Kier molecular flexibility index (Phi) is 6.46. The summed E-state index contributed by atoms with van der Waals surface area (Å²) >= 11 is 5.24. The SMILES string of the molecule is CCCNC(=O)CN(C)C(=O)Cn1c(-c2ccc(C)cc2)n[nH]c1=S. The third kappa shape index (κ3) is 4.99. The zero-order valence-electron chi connectivity index (χ0n) is 14.7. The van der Waals surface area contributed by atoms with E-state index in [9.17, 15) is 9.59 Å². The van der Waals surface area contributed by atoms with Gasteiger partial charge in [-0.3, -0.25) is 19.3 Å². The van der Waals surface area contributed by atoms with Gasteiger partial charge in [0, 0.05) is 19.2 Å². The quantitative estimate of drug-likeness (QED) is 0.738. The van der Waals surface area contributed by atoms with E-state index in [4.69, 9.17) is 12.2 Å². The molecule has 2 aromatic rings. The van der Waals surface area contributed by atoms with E-state index in [-0.39, 0.29) is 24.9 Å². The number of aromatic nitrogens is 3. The Morgan fingerprint density at radius 1 is 1.32 bits per heavy atom. The highest BCUT2D eigenvalue weighted by Crippen LogP contribution is 2.18. The molecule has 0 aliphatic heterocycles. The molecule has 8 heteroatoms. The molecule has 7 nitrogen and oxygen atoms in total. The largest absolute Gasteiger partial charge is 0.355 e. The molecule has 0 saturated heterocycles. The minimum Gasteiger partial charge on any atom is -0.355 e. The topological polar surface area (TPSA) is 83.0 Å². The van der Waals surface area contributed by atoms with Crippen molar-refractivity contribution in [1.29, 1.82) is 0 Å². The van der Waals surface area contributed by atoms with Crippen molar-refractivity contribution < 1.29 is 9.59 Å². The Morgan fingerprint density at radius 2 is 2.00 bits per heavy atom. The zero-order chi connectivity index (χ0) is 18.4. The molecule has 0 radical (unpaired) electrons. The van der Waals surface area contributed by atoms with Crippen LogP contribution in [0.25, 0.3) is 11.4 Å². The van der Waals surface area contributed by atoms with E-state index in [0.717, 1.165) is 17.5 Å². The second kappa shape index (κ2) is 8.57. The molecule has 0 atom stereocenters. The Balaban J connectivity index is 2.11. The number of carbonyl (C=O) groups excluding carboxylic acids is 2. The van der Waals surface area contributed by atoms with E-state index in [1.165, 1.54) is 4.90 Å². The van der Waals surface area contributed by atoms with Gasteiger partial charge in [0.2, 0.25) is 11.8 Å². The highest BCUT2D eigenvalue weighted by Gasteiger charge is 2.17. The zero-order valence-corrected chi connectivity index (χ0v) is 15.5. The van der Waals surface area contributed by atoms with Gasteiger partial charge < -0.3 is 10.2 Å². The van der Waals surface area contributed by atoms with Crippen LogP contribution in [0.1, 0.15) is 18.9 Å². The number of hydrogen-bond acceptors (Lipinski definition) is 4. The first kappa shape index (κ1) is 18.9. The monoisotopic (exact) mass is 361 g/mol. The van der Waals surface area contributed by atoms with Crippen molar-refractivity contribution in [2.75, 3.05) is 20.1 Å². The summed E-state index contributed by atoms with van der Waals surface area (Å²) < 4.78 is 2.01. The summed E-state index contributed by atoms with van der Waals surface area (Å²) in [4.78, 5) is 25.6. The number of amides is 2. The van der Waals surface area contributed by atoms with Crippen LogP contribution in [0.3, 0.4) is 0 Å². The summed E-state index contributed by atoms with van der Waals surface area (Å²) in [6.45, 7) is 4.62. The van der Waals surface area contributed by atoms with E-state index in [1.54, 1.807) is 11.6 Å². The lowest BCUT2D eigenvalue weighted by atomic mass is 10.1. The van der Waals surface area contributed by atoms with Gasteiger partial charge in [0.05, 0.1) is 6.54 Å². The van der Waals surface area contributed by atoms with Gasteiger partial charge in [-0.1, -0.05) is 36.8 Å². The molecule has 0 spiro atoms. The molecule has 25 heavy (non-hydrogen) atoms. The Bertz CT molecular complexity index is 794. The smallest absolute Gasteiger partial charge is 0.242 e. The third-order valence-electron chi connectivity index (χ3n) is 3.74. The number of H-pyrrole nitrogens is 1. The first-order valence-corrected chi connectivity index (χ1v) is 8.56. The second-order valence-electron chi connectivity index (χ2n) is 5.90. The van der Waals surface area contributed by atoms with Crippen molar-refractivity contribution in [1.82, 2.24) is 25.0 Å². The maximum Gasteiger partial charge on any atom is 0.242 e. The summed E-state index contributed by atoms with van der Waals surface area (Å²) in [6, 6.07) is 7.82. The molecule has 2 N–H and O–H groups in total. The van der Waals surface area contributed by atoms with Crippen molar-refractivity contribution in [2.45, 2.75) is 26.8 Å². The van der Waals surface area contributed by atoms with Crippen LogP contribution < -0.4 is 5.32 Å². The number of nitrogens with one attached hydrogen (secondary N) is 2. The Morgan fingerprint density at radius 3 is 2.64 bits per heavy atom. The van der Waals surface area contributed by atoms with Crippen LogP contribution in [-0.4, -0.2) is 51.6 Å². The predicted molar refractivity (Wildman–Crippen MR) is 98.5 cm³/mol. The first-order chi connectivity index (χ1) is 11.9. The van der Waals surface area contributed by atoms with Crippen LogP contribution in [0.4, 0.5) is 0 Å². The minimum absolute atomic E-state index is 0.0177. The fourth-order valence-corrected chi connectivity index (χ4v) is 2.46. The van der Waals surface area contributed by atoms with Crippen molar-refractivity contribution >= 4 is 24.0 Å². The number of likely N-dealkylation sites (N-methyl/N-ethyl adjacent to an activating group) is 1. The molecule has 2 amide bonds. The van der Waals surface area contributed by atoms with Crippen molar-refractivity contribution in [3.8, 4) is 11.4 Å². The van der Waals surface area contributed by atoms with Gasteiger partial charge in [0.15, 0.2) is 10.6 Å². The molecule has 0 aliphatic rings. The lowest BCUT2D eigenvalue weighted by Gasteiger charge is -2.17. The number of benzene rings is 1. The normalized spacial score (nSPS) is 10.5. The van der Waals surface area contributed by atoms with Crippen molar-refractivity contribution in [3.05, 3.63) is 34.6 Å². The van der Waals surface area contributed by atoms with Gasteiger partial charge in [-0.2, -0.15) is 5.10 Å². The molecule has 0 unspecified atom stereocenters. The van der Waals surface area contributed by atoms with Gasteiger partial charge in [-0.05, 0) is 25.6 Å². The Hall–Kier alpha value is -2.48. The molecule has 1 aromatic heterocycles. The van der Waals surface area contributed by atoms with Gasteiger partial charge >= 0.3 is 0 Å². The van der Waals surface area contributed by atoms with E-state index in [2.05, 4.69) is 15.5 Å². The molecule has 0 bridgehead atoms. The van der Waals surface area contributed by atoms with Crippen LogP contribution in [0.2, 0.25) is 0 Å². The van der Waals surface area contributed by atoms with Gasteiger partial charge in [0.1, 0.15) is 6.54 Å². The number of carbonyl (C=O) groups is 2. The summed E-state index contributed by atoms with van der Waals surface area (Å²) in [5.74, 6) is 0.215. The van der Waals surface area contributed by atoms with Crippen LogP contribution in [0.5, 0.6) is 0 Å². The molecule has 0 fully saturated rings. The van der Waals surface area contributed by atoms with E-state index < -0.39 is 0 Å². The highest BCUT2D eigenvalue weighted by molar-refractivity contribution is 7.71. The maximum absolute atomic E-state index is 12.4. The number of rotatable bonds is 7. The second-order valence-corrected chi connectivity index (χ2v) is 6.29. The summed E-state index contributed by atoms with van der Waals surface area (Å²) in [5, 5.41) is 9.71. The summed E-state index contributed by atoms with van der Waals surface area (Å²) in [6.07, 6.45) is 0.855. The fraction of sp³-hybridized carbons (Fsp3) is 0.412. The average molecular weight is 361 g/mol. The lowest BCUT2D eigenvalue weighted by Crippen LogP contribution is -2.40. The molecule has 0 saturated carbocycles. The molecule has 1 heterocycles. The molecular formula is C17H23N5O2S. The standard InChI is InChI=1S/C17H23N5O2S/c1-4-9-18-14(23)10-21(3)15(24)11-22-16(19-20-17(22)25)13-7-5-12(2)6-8-13/h5-8H,4,9-11H2,1-3H3,(H,18,23)(H,20,25).